The second kappa shape index (κ2) is 5.67. The molecule has 20 heavy (non-hydrogen) atoms. The Morgan fingerprint density at radius 3 is 2.60 bits per heavy atom. The summed E-state index contributed by atoms with van der Waals surface area (Å²) in [6.45, 7) is 6.57. The number of hydrogen-bond donors (Lipinski definition) is 1. The molecule has 1 aromatic carbocycles. The second-order valence-electron chi connectivity index (χ2n) is 6.56. The number of hydrogen-bond acceptors (Lipinski definition) is 2. The van der Waals surface area contributed by atoms with E-state index in [9.17, 15) is 0 Å². The third-order valence-corrected chi connectivity index (χ3v) is 5.36. The maximum absolute atomic E-state index is 6.47. The molecule has 0 aromatic heterocycles. The molecule has 3 rings (SSSR count). The van der Waals surface area contributed by atoms with E-state index in [0.717, 1.165) is 31.0 Å². The summed E-state index contributed by atoms with van der Waals surface area (Å²) in [5.74, 6) is 0.499. The van der Waals surface area contributed by atoms with Crippen LogP contribution in [0.15, 0.2) is 24.3 Å². The largest absolute Gasteiger partial charge is 0.376 e. The van der Waals surface area contributed by atoms with Gasteiger partial charge in [0.2, 0.25) is 0 Å². The molecular weight excluding hydrogens is 270 g/mol. The van der Waals surface area contributed by atoms with E-state index < -0.39 is 0 Å². The molecule has 2 fully saturated rings. The summed E-state index contributed by atoms with van der Waals surface area (Å²) in [4.78, 5) is 0. The maximum Gasteiger partial charge on any atom is 0.0556 e. The van der Waals surface area contributed by atoms with Crippen LogP contribution in [0.3, 0.4) is 0 Å². The van der Waals surface area contributed by atoms with Gasteiger partial charge in [0.25, 0.3) is 0 Å². The Hall–Kier alpha value is -0.570. The predicted octanol–water partition coefficient (Wildman–Crippen LogP) is 3.99. The summed E-state index contributed by atoms with van der Waals surface area (Å²) >= 11 is 6.47. The Balaban J connectivity index is 1.97. The molecule has 3 atom stereocenters. The van der Waals surface area contributed by atoms with E-state index in [1.165, 1.54) is 12.0 Å². The van der Waals surface area contributed by atoms with Crippen molar-refractivity contribution in [1.82, 2.24) is 5.32 Å². The maximum atomic E-state index is 6.47. The number of rotatable bonds is 1. The lowest BCUT2D eigenvalue weighted by molar-refractivity contribution is -0.103. The van der Waals surface area contributed by atoms with Gasteiger partial charge in [-0.1, -0.05) is 29.8 Å². The van der Waals surface area contributed by atoms with Crippen molar-refractivity contribution in [3.05, 3.63) is 34.9 Å². The molecule has 1 spiro atoms. The van der Waals surface area contributed by atoms with Crippen LogP contribution >= 0.6 is 11.6 Å². The van der Waals surface area contributed by atoms with E-state index >= 15 is 0 Å². The first-order chi connectivity index (χ1) is 9.61. The lowest BCUT2D eigenvalue weighted by atomic mass is 9.61. The number of benzene rings is 1. The Morgan fingerprint density at radius 1 is 1.20 bits per heavy atom. The molecule has 0 radical (unpaired) electrons. The number of halogens is 1. The summed E-state index contributed by atoms with van der Waals surface area (Å²) < 4.78 is 5.97. The van der Waals surface area contributed by atoms with E-state index in [-0.39, 0.29) is 0 Å². The van der Waals surface area contributed by atoms with Gasteiger partial charge < -0.3 is 10.1 Å². The summed E-state index contributed by atoms with van der Waals surface area (Å²) in [5, 5.41) is 4.47. The lowest BCUT2D eigenvalue weighted by Gasteiger charge is -2.51. The molecule has 2 aliphatic rings. The van der Waals surface area contributed by atoms with Crippen molar-refractivity contribution in [3.8, 4) is 0 Å². The van der Waals surface area contributed by atoms with Gasteiger partial charge in [-0.25, -0.2) is 0 Å². The fourth-order valence-electron chi connectivity index (χ4n) is 4.38. The van der Waals surface area contributed by atoms with E-state index in [2.05, 4.69) is 31.3 Å². The first kappa shape index (κ1) is 14.4. The monoisotopic (exact) mass is 293 g/mol. The molecule has 0 bridgehead atoms. The van der Waals surface area contributed by atoms with Gasteiger partial charge in [0.15, 0.2) is 0 Å². The Kier molecular flexibility index (Phi) is 4.07. The third-order valence-electron chi connectivity index (χ3n) is 5.02. The fourth-order valence-corrected chi connectivity index (χ4v) is 4.65. The third kappa shape index (κ3) is 2.61. The van der Waals surface area contributed by atoms with Crippen LogP contribution in [0, 0.1) is 5.41 Å². The molecule has 0 saturated carbocycles. The van der Waals surface area contributed by atoms with Crippen LogP contribution in [0.5, 0.6) is 0 Å². The molecule has 2 heterocycles. The molecular formula is C17H24ClNO. The van der Waals surface area contributed by atoms with Crippen molar-refractivity contribution in [3.63, 3.8) is 0 Å². The van der Waals surface area contributed by atoms with E-state index in [1.807, 2.05) is 12.1 Å². The van der Waals surface area contributed by atoms with Crippen LogP contribution < -0.4 is 5.32 Å². The number of piperidine rings is 1. The van der Waals surface area contributed by atoms with Crippen molar-refractivity contribution in [1.29, 1.82) is 0 Å². The van der Waals surface area contributed by atoms with Gasteiger partial charge in [-0.2, -0.15) is 0 Å². The minimum atomic E-state index is 0.341. The van der Waals surface area contributed by atoms with E-state index in [0.29, 0.717) is 23.5 Å². The van der Waals surface area contributed by atoms with Gasteiger partial charge in [-0.15, -0.1) is 0 Å². The van der Waals surface area contributed by atoms with E-state index in [1.54, 1.807) is 0 Å². The normalized spacial score (nSPS) is 38.0. The zero-order valence-corrected chi connectivity index (χ0v) is 13.1. The van der Waals surface area contributed by atoms with Gasteiger partial charge in [-0.05, 0) is 56.7 Å². The predicted molar refractivity (Wildman–Crippen MR) is 83.4 cm³/mol. The summed E-state index contributed by atoms with van der Waals surface area (Å²) in [6, 6.07) is 8.34. The van der Waals surface area contributed by atoms with Crippen molar-refractivity contribution in [2.75, 3.05) is 13.1 Å². The molecule has 3 heteroatoms. The molecule has 3 unspecified atom stereocenters. The first-order valence-corrected chi connectivity index (χ1v) is 8.09. The molecule has 1 aromatic rings. The standard InChI is InChI=1S/C17H24ClNO/c1-12-9-17(10-13(2)20-12)7-8-19-11-15(17)14-5-3-4-6-16(14)18/h3-6,12-13,15,19H,7-11H2,1-2H3. The fraction of sp³-hybridized carbons (Fsp3) is 0.647. The number of nitrogens with one attached hydrogen (secondary N) is 1. The van der Waals surface area contributed by atoms with Gasteiger partial charge in [0.1, 0.15) is 0 Å². The zero-order valence-electron chi connectivity index (χ0n) is 12.4. The van der Waals surface area contributed by atoms with Crippen molar-refractivity contribution in [2.24, 2.45) is 5.41 Å². The van der Waals surface area contributed by atoms with Crippen LogP contribution in [0.1, 0.15) is 44.6 Å². The first-order valence-electron chi connectivity index (χ1n) is 7.71. The zero-order chi connectivity index (χ0) is 14.2. The van der Waals surface area contributed by atoms with Gasteiger partial charge >= 0.3 is 0 Å². The van der Waals surface area contributed by atoms with Crippen molar-refractivity contribution < 1.29 is 4.74 Å². The van der Waals surface area contributed by atoms with Crippen molar-refractivity contribution >= 4 is 11.6 Å². The molecule has 0 amide bonds. The Bertz CT molecular complexity index is 466. The summed E-state index contributed by atoms with van der Waals surface area (Å²) in [7, 11) is 0. The van der Waals surface area contributed by atoms with Crippen LogP contribution in [0.4, 0.5) is 0 Å². The highest BCUT2D eigenvalue weighted by atomic mass is 35.5. The van der Waals surface area contributed by atoms with Gasteiger partial charge in [0, 0.05) is 17.5 Å². The molecule has 110 valence electrons. The molecule has 2 aliphatic heterocycles. The van der Waals surface area contributed by atoms with E-state index in [4.69, 9.17) is 16.3 Å². The minimum Gasteiger partial charge on any atom is -0.376 e. The molecule has 2 saturated heterocycles. The summed E-state index contributed by atoms with van der Waals surface area (Å²) in [6.07, 6.45) is 4.22. The second-order valence-corrected chi connectivity index (χ2v) is 6.96. The topological polar surface area (TPSA) is 21.3 Å². The Morgan fingerprint density at radius 2 is 1.90 bits per heavy atom. The quantitative estimate of drug-likeness (QED) is 0.845. The van der Waals surface area contributed by atoms with Crippen LogP contribution in [0.25, 0.3) is 0 Å². The average molecular weight is 294 g/mol. The van der Waals surface area contributed by atoms with Gasteiger partial charge in [0.05, 0.1) is 12.2 Å². The van der Waals surface area contributed by atoms with Crippen LogP contribution in [-0.2, 0) is 4.74 Å². The highest BCUT2D eigenvalue weighted by Crippen LogP contribution is 2.52. The lowest BCUT2D eigenvalue weighted by Crippen LogP contribution is -2.50. The average Bonchev–Trinajstić information content (AvgIpc) is 2.39. The smallest absolute Gasteiger partial charge is 0.0556 e. The van der Waals surface area contributed by atoms with Gasteiger partial charge in [-0.3, -0.25) is 0 Å². The SMILES string of the molecule is CC1CC2(CCNCC2c2ccccc2Cl)CC(C)O1. The minimum absolute atomic E-state index is 0.341. The molecule has 1 N–H and O–H groups in total. The van der Waals surface area contributed by atoms with Crippen LogP contribution in [0.2, 0.25) is 5.02 Å². The Labute approximate surface area is 126 Å². The number of ether oxygens (including phenoxy) is 1. The highest BCUT2D eigenvalue weighted by molar-refractivity contribution is 6.31. The highest BCUT2D eigenvalue weighted by Gasteiger charge is 2.46. The van der Waals surface area contributed by atoms with Crippen LogP contribution in [-0.4, -0.2) is 25.3 Å². The summed E-state index contributed by atoms with van der Waals surface area (Å²) in [5.41, 5.74) is 1.65. The molecule has 2 nitrogen and oxygen atoms in total. The molecule has 0 aliphatic carbocycles. The van der Waals surface area contributed by atoms with Crippen molar-refractivity contribution in [2.45, 2.75) is 51.2 Å².